The molecule has 0 bridgehead atoms. The first kappa shape index (κ1) is 9.00. The summed E-state index contributed by atoms with van der Waals surface area (Å²) in [4.78, 5) is 0. The van der Waals surface area contributed by atoms with Crippen LogP contribution in [0.15, 0.2) is 0 Å². The third-order valence-electron chi connectivity index (χ3n) is 2.28. The highest BCUT2D eigenvalue weighted by molar-refractivity contribution is 7.92. The van der Waals surface area contributed by atoms with E-state index in [-0.39, 0.29) is 10.5 Å². The molecule has 1 aliphatic rings. The minimum atomic E-state index is -2.81. The Morgan fingerprint density at radius 3 is 2.55 bits per heavy atom. The van der Waals surface area contributed by atoms with Gasteiger partial charge in [-0.25, -0.2) is 8.42 Å². The van der Waals surface area contributed by atoms with Gasteiger partial charge in [-0.05, 0) is 13.3 Å². The van der Waals surface area contributed by atoms with Crippen LogP contribution < -0.4 is 5.32 Å². The van der Waals surface area contributed by atoms with Crippen LogP contribution in [-0.2, 0) is 9.84 Å². The number of hydrogen-bond donors (Lipinski definition) is 1. The van der Waals surface area contributed by atoms with Gasteiger partial charge in [0.25, 0.3) is 0 Å². The molecule has 11 heavy (non-hydrogen) atoms. The van der Waals surface area contributed by atoms with Crippen LogP contribution in [0.4, 0.5) is 0 Å². The van der Waals surface area contributed by atoms with Crippen molar-refractivity contribution in [3.05, 3.63) is 0 Å². The van der Waals surface area contributed by atoms with Crippen LogP contribution in [-0.4, -0.2) is 32.0 Å². The molecule has 1 fully saturated rings. The second kappa shape index (κ2) is 3.11. The van der Waals surface area contributed by atoms with E-state index in [9.17, 15) is 8.42 Å². The first-order chi connectivity index (χ1) is 5.09. The van der Waals surface area contributed by atoms with Crippen LogP contribution >= 0.6 is 0 Å². The van der Waals surface area contributed by atoms with Crippen LogP contribution in [0.1, 0.15) is 20.3 Å². The normalized spacial score (nSPS) is 36.9. The van der Waals surface area contributed by atoms with Gasteiger partial charge >= 0.3 is 0 Å². The predicted molar refractivity (Wildman–Crippen MR) is 45.3 cm³/mol. The molecule has 3 nitrogen and oxygen atoms in total. The molecule has 0 spiro atoms. The van der Waals surface area contributed by atoms with E-state index in [2.05, 4.69) is 5.32 Å². The summed E-state index contributed by atoms with van der Waals surface area (Å²) >= 11 is 0. The summed E-state index contributed by atoms with van der Waals surface area (Å²) in [6, 6.07) is 0. The first-order valence-corrected chi connectivity index (χ1v) is 5.63. The molecule has 0 aliphatic carbocycles. The van der Waals surface area contributed by atoms with Gasteiger partial charge < -0.3 is 5.32 Å². The lowest BCUT2D eigenvalue weighted by Crippen LogP contribution is -2.48. The highest BCUT2D eigenvalue weighted by Crippen LogP contribution is 2.15. The van der Waals surface area contributed by atoms with Gasteiger partial charge in [-0.3, -0.25) is 0 Å². The van der Waals surface area contributed by atoms with E-state index in [0.29, 0.717) is 13.1 Å². The fourth-order valence-corrected chi connectivity index (χ4v) is 3.21. The summed E-state index contributed by atoms with van der Waals surface area (Å²) in [5.41, 5.74) is 0. The molecule has 0 unspecified atom stereocenters. The molecule has 0 amide bonds. The van der Waals surface area contributed by atoms with Crippen molar-refractivity contribution in [2.75, 3.05) is 13.1 Å². The van der Waals surface area contributed by atoms with Gasteiger partial charge in [0.05, 0.1) is 10.5 Å². The minimum Gasteiger partial charge on any atom is -0.314 e. The summed E-state index contributed by atoms with van der Waals surface area (Å²) < 4.78 is 23.0. The smallest absolute Gasteiger partial charge is 0.158 e. The fraction of sp³-hybridized carbons (Fsp3) is 1.00. The Morgan fingerprint density at radius 2 is 2.09 bits per heavy atom. The lowest BCUT2D eigenvalue weighted by Gasteiger charge is -2.27. The largest absolute Gasteiger partial charge is 0.314 e. The second-order valence-electron chi connectivity index (χ2n) is 3.09. The Balaban J connectivity index is 2.82. The van der Waals surface area contributed by atoms with E-state index in [1.807, 2.05) is 6.92 Å². The number of sulfone groups is 1. The molecule has 4 heteroatoms. The molecule has 0 aromatic rings. The fourth-order valence-electron chi connectivity index (χ4n) is 1.39. The van der Waals surface area contributed by atoms with E-state index >= 15 is 0 Å². The summed E-state index contributed by atoms with van der Waals surface area (Å²) in [7, 11) is -2.81. The third kappa shape index (κ3) is 1.56. The average molecular weight is 177 g/mol. The van der Waals surface area contributed by atoms with E-state index in [1.54, 1.807) is 6.92 Å². The molecule has 1 saturated heterocycles. The maximum absolute atomic E-state index is 11.5. The van der Waals surface area contributed by atoms with E-state index in [0.717, 1.165) is 6.42 Å². The Bertz CT molecular complexity index is 223. The SMILES string of the molecule is CC[C@@H]1CNC[C@H](C)S1(=O)=O. The average Bonchev–Trinajstić information content (AvgIpc) is 1.95. The van der Waals surface area contributed by atoms with Crippen LogP contribution in [0.25, 0.3) is 0 Å². The van der Waals surface area contributed by atoms with Crippen molar-refractivity contribution in [1.82, 2.24) is 5.32 Å². The van der Waals surface area contributed by atoms with Gasteiger partial charge in [0, 0.05) is 13.1 Å². The highest BCUT2D eigenvalue weighted by Gasteiger charge is 2.33. The van der Waals surface area contributed by atoms with E-state index in [4.69, 9.17) is 0 Å². The standard InChI is InChI=1S/C7H15NO2S/c1-3-7-5-8-4-6(2)11(7,9)10/h6-8H,3-5H2,1-2H3/t6-,7+/m0/s1. The summed E-state index contributed by atoms with van der Waals surface area (Å²) in [5, 5.41) is 2.74. The predicted octanol–water partition coefficient (Wildman–Crippen LogP) is 0.171. The zero-order chi connectivity index (χ0) is 8.48. The van der Waals surface area contributed by atoms with Crippen LogP contribution in [0.5, 0.6) is 0 Å². The monoisotopic (exact) mass is 177 g/mol. The maximum atomic E-state index is 11.5. The molecule has 0 aromatic heterocycles. The van der Waals surface area contributed by atoms with Crippen molar-refractivity contribution in [1.29, 1.82) is 0 Å². The molecule has 1 aliphatic heterocycles. The summed E-state index contributed by atoms with van der Waals surface area (Å²) in [5.74, 6) is 0. The topological polar surface area (TPSA) is 46.2 Å². The molecule has 0 saturated carbocycles. The zero-order valence-corrected chi connectivity index (χ0v) is 7.82. The van der Waals surface area contributed by atoms with Crippen molar-refractivity contribution in [3.63, 3.8) is 0 Å². The molecule has 66 valence electrons. The number of nitrogens with one attached hydrogen (secondary N) is 1. The molecular formula is C7H15NO2S. The van der Waals surface area contributed by atoms with Crippen molar-refractivity contribution in [3.8, 4) is 0 Å². The molecular weight excluding hydrogens is 162 g/mol. The first-order valence-electron chi connectivity index (χ1n) is 4.02. The third-order valence-corrected chi connectivity index (χ3v) is 5.00. The van der Waals surface area contributed by atoms with Crippen molar-refractivity contribution in [2.45, 2.75) is 30.8 Å². The lowest BCUT2D eigenvalue weighted by molar-refractivity contribution is 0.515. The Hall–Kier alpha value is -0.0900. The molecule has 2 atom stereocenters. The van der Waals surface area contributed by atoms with Gasteiger partial charge in [-0.15, -0.1) is 0 Å². The van der Waals surface area contributed by atoms with Gasteiger partial charge in [0.1, 0.15) is 0 Å². The summed E-state index contributed by atoms with van der Waals surface area (Å²) in [6.45, 7) is 4.92. The van der Waals surface area contributed by atoms with Gasteiger partial charge in [-0.2, -0.15) is 0 Å². The van der Waals surface area contributed by atoms with E-state index < -0.39 is 9.84 Å². The van der Waals surface area contributed by atoms with Crippen LogP contribution in [0.2, 0.25) is 0 Å². The molecule has 0 radical (unpaired) electrons. The van der Waals surface area contributed by atoms with Crippen molar-refractivity contribution < 1.29 is 8.42 Å². The van der Waals surface area contributed by atoms with Crippen LogP contribution in [0, 0.1) is 0 Å². The van der Waals surface area contributed by atoms with Crippen molar-refractivity contribution in [2.24, 2.45) is 0 Å². The Kier molecular flexibility index (Phi) is 2.54. The van der Waals surface area contributed by atoms with E-state index in [1.165, 1.54) is 0 Å². The number of hydrogen-bond acceptors (Lipinski definition) is 3. The maximum Gasteiger partial charge on any atom is 0.158 e. The molecule has 1 rings (SSSR count). The zero-order valence-electron chi connectivity index (χ0n) is 7.00. The van der Waals surface area contributed by atoms with Gasteiger partial charge in [0.2, 0.25) is 0 Å². The van der Waals surface area contributed by atoms with Gasteiger partial charge in [-0.1, -0.05) is 6.92 Å². The summed E-state index contributed by atoms with van der Waals surface area (Å²) in [6.07, 6.45) is 0.722. The quantitative estimate of drug-likeness (QED) is 0.621. The number of rotatable bonds is 1. The second-order valence-corrected chi connectivity index (χ2v) is 5.74. The van der Waals surface area contributed by atoms with Gasteiger partial charge in [0.15, 0.2) is 9.84 Å². The molecule has 0 aromatic carbocycles. The van der Waals surface area contributed by atoms with Crippen molar-refractivity contribution >= 4 is 9.84 Å². The Labute approximate surface area is 68.1 Å². The Morgan fingerprint density at radius 1 is 1.45 bits per heavy atom. The highest BCUT2D eigenvalue weighted by atomic mass is 32.2. The minimum absolute atomic E-state index is 0.161. The lowest BCUT2D eigenvalue weighted by atomic mass is 10.3. The molecule has 1 N–H and O–H groups in total. The molecule has 1 heterocycles. The van der Waals surface area contributed by atoms with Crippen LogP contribution in [0.3, 0.4) is 0 Å².